The van der Waals surface area contributed by atoms with Gasteiger partial charge in [-0.3, -0.25) is 0 Å². The first-order chi connectivity index (χ1) is 6.61. The molecule has 14 heavy (non-hydrogen) atoms. The molecule has 2 nitrogen and oxygen atoms in total. The summed E-state index contributed by atoms with van der Waals surface area (Å²) < 4.78 is 0. The molecule has 0 aromatic heterocycles. The smallest absolute Gasteiger partial charge is 0.0217 e. The zero-order chi connectivity index (χ0) is 11.0. The first-order valence-corrected chi connectivity index (χ1v) is 6.02. The Morgan fingerprint density at radius 2 is 1.86 bits per heavy atom. The highest BCUT2D eigenvalue weighted by atomic mass is 15.1. The maximum Gasteiger partial charge on any atom is 0.0217 e. The quantitative estimate of drug-likeness (QED) is 0.610. The molecule has 0 bridgehead atoms. The number of nitrogens with zero attached hydrogens (tertiary/aromatic N) is 1. The molecule has 0 heterocycles. The predicted molar refractivity (Wildman–Crippen MR) is 64.5 cm³/mol. The van der Waals surface area contributed by atoms with Gasteiger partial charge in [0.15, 0.2) is 0 Å². The molecule has 0 aliphatic rings. The van der Waals surface area contributed by atoms with Crippen molar-refractivity contribution < 1.29 is 0 Å². The van der Waals surface area contributed by atoms with Crippen molar-refractivity contribution in [2.75, 3.05) is 20.1 Å². The second-order valence-corrected chi connectivity index (χ2v) is 4.71. The Labute approximate surface area is 89.9 Å². The number of likely N-dealkylation sites (N-methyl/N-ethyl adjacent to an activating group) is 1. The van der Waals surface area contributed by atoms with Gasteiger partial charge >= 0.3 is 0 Å². The number of hydrogen-bond acceptors (Lipinski definition) is 2. The summed E-state index contributed by atoms with van der Waals surface area (Å²) in [6.07, 6.45) is 5.16. The Balaban J connectivity index is 3.73. The van der Waals surface area contributed by atoms with E-state index >= 15 is 0 Å². The third-order valence-corrected chi connectivity index (χ3v) is 2.75. The highest BCUT2D eigenvalue weighted by Crippen LogP contribution is 2.10. The summed E-state index contributed by atoms with van der Waals surface area (Å²) in [6, 6.07) is 0.576. The van der Waals surface area contributed by atoms with E-state index < -0.39 is 0 Å². The molecule has 0 aliphatic carbocycles. The first-order valence-electron chi connectivity index (χ1n) is 6.02. The Kier molecular flexibility index (Phi) is 8.20. The molecule has 0 radical (unpaired) electrons. The summed E-state index contributed by atoms with van der Waals surface area (Å²) in [5.74, 6) is 0.747. The normalized spacial score (nSPS) is 13.9. The lowest BCUT2D eigenvalue weighted by atomic mass is 10.0. The van der Waals surface area contributed by atoms with Crippen LogP contribution in [0.15, 0.2) is 0 Å². The molecule has 2 heteroatoms. The summed E-state index contributed by atoms with van der Waals surface area (Å²) in [5, 5.41) is 0. The highest BCUT2D eigenvalue weighted by Gasteiger charge is 2.13. The van der Waals surface area contributed by atoms with Crippen molar-refractivity contribution in [3.8, 4) is 0 Å². The highest BCUT2D eigenvalue weighted by molar-refractivity contribution is 4.71. The minimum Gasteiger partial charge on any atom is -0.329 e. The molecular formula is C12H28N2. The van der Waals surface area contributed by atoms with E-state index in [1.807, 2.05) is 0 Å². The lowest BCUT2D eigenvalue weighted by Gasteiger charge is -2.28. The zero-order valence-corrected chi connectivity index (χ0v) is 10.4. The second-order valence-electron chi connectivity index (χ2n) is 4.71. The van der Waals surface area contributed by atoms with Crippen LogP contribution >= 0.6 is 0 Å². The predicted octanol–water partition coefficient (Wildman–Crippen LogP) is 2.48. The van der Waals surface area contributed by atoms with E-state index in [4.69, 9.17) is 5.73 Å². The molecule has 0 aromatic carbocycles. The third-order valence-electron chi connectivity index (χ3n) is 2.75. The van der Waals surface area contributed by atoms with Crippen LogP contribution in [0.25, 0.3) is 0 Å². The van der Waals surface area contributed by atoms with Gasteiger partial charge in [-0.15, -0.1) is 0 Å². The Bertz CT molecular complexity index is 123. The van der Waals surface area contributed by atoms with Crippen molar-refractivity contribution >= 4 is 0 Å². The molecule has 0 saturated heterocycles. The van der Waals surface area contributed by atoms with Crippen LogP contribution in [0.2, 0.25) is 0 Å². The Morgan fingerprint density at radius 1 is 1.21 bits per heavy atom. The second kappa shape index (κ2) is 8.25. The van der Waals surface area contributed by atoms with Gasteiger partial charge in [0.2, 0.25) is 0 Å². The first kappa shape index (κ1) is 13.9. The van der Waals surface area contributed by atoms with Crippen LogP contribution in [-0.4, -0.2) is 31.1 Å². The van der Waals surface area contributed by atoms with Crippen molar-refractivity contribution in [3.05, 3.63) is 0 Å². The van der Waals surface area contributed by atoms with Crippen LogP contribution < -0.4 is 5.73 Å². The average molecular weight is 200 g/mol. The number of hydrogen-bond donors (Lipinski definition) is 1. The molecule has 1 atom stereocenters. The standard InChI is InChI=1S/C12H28N2/c1-5-6-7-8-14(4)12(10-13)9-11(2)3/h11-12H,5-10,13H2,1-4H3. The molecule has 0 rings (SSSR count). The molecule has 1 unspecified atom stereocenters. The van der Waals surface area contributed by atoms with E-state index in [2.05, 4.69) is 32.7 Å². The lowest BCUT2D eigenvalue weighted by molar-refractivity contribution is 0.214. The van der Waals surface area contributed by atoms with E-state index in [1.165, 1.54) is 32.2 Å². The van der Waals surface area contributed by atoms with Gasteiger partial charge in [0, 0.05) is 12.6 Å². The monoisotopic (exact) mass is 200 g/mol. The number of unbranched alkanes of at least 4 members (excludes halogenated alkanes) is 2. The van der Waals surface area contributed by atoms with Gasteiger partial charge in [0.05, 0.1) is 0 Å². The molecule has 0 aliphatic heterocycles. The molecule has 0 fully saturated rings. The molecule has 0 amide bonds. The van der Waals surface area contributed by atoms with Crippen molar-refractivity contribution in [2.24, 2.45) is 11.7 Å². The van der Waals surface area contributed by atoms with E-state index in [-0.39, 0.29) is 0 Å². The zero-order valence-electron chi connectivity index (χ0n) is 10.4. The van der Waals surface area contributed by atoms with Crippen LogP contribution in [0.3, 0.4) is 0 Å². The van der Waals surface area contributed by atoms with Crippen LogP contribution in [0.4, 0.5) is 0 Å². The summed E-state index contributed by atoms with van der Waals surface area (Å²) in [6.45, 7) is 8.77. The lowest BCUT2D eigenvalue weighted by Crippen LogP contribution is -2.39. The van der Waals surface area contributed by atoms with Crippen molar-refractivity contribution in [2.45, 2.75) is 52.5 Å². The van der Waals surface area contributed by atoms with Crippen LogP contribution in [0.1, 0.15) is 46.5 Å². The molecular weight excluding hydrogens is 172 g/mol. The van der Waals surface area contributed by atoms with Crippen LogP contribution in [0, 0.1) is 5.92 Å². The molecule has 0 spiro atoms. The van der Waals surface area contributed by atoms with E-state index in [9.17, 15) is 0 Å². The fraction of sp³-hybridized carbons (Fsp3) is 1.00. The van der Waals surface area contributed by atoms with Gasteiger partial charge in [0.25, 0.3) is 0 Å². The maximum absolute atomic E-state index is 5.78. The summed E-state index contributed by atoms with van der Waals surface area (Å²) in [4.78, 5) is 2.43. The summed E-state index contributed by atoms with van der Waals surface area (Å²) in [7, 11) is 2.20. The van der Waals surface area contributed by atoms with E-state index in [0.29, 0.717) is 6.04 Å². The maximum atomic E-state index is 5.78. The van der Waals surface area contributed by atoms with Crippen molar-refractivity contribution in [1.29, 1.82) is 0 Å². The van der Waals surface area contributed by atoms with E-state index in [0.717, 1.165) is 12.5 Å². The molecule has 0 saturated carbocycles. The molecule has 86 valence electrons. The van der Waals surface area contributed by atoms with Crippen molar-refractivity contribution in [3.63, 3.8) is 0 Å². The minimum absolute atomic E-state index is 0.576. The third kappa shape index (κ3) is 6.39. The van der Waals surface area contributed by atoms with Crippen molar-refractivity contribution in [1.82, 2.24) is 4.90 Å². The minimum atomic E-state index is 0.576. The molecule has 2 N–H and O–H groups in total. The summed E-state index contributed by atoms with van der Waals surface area (Å²) >= 11 is 0. The van der Waals surface area contributed by atoms with Gasteiger partial charge in [-0.2, -0.15) is 0 Å². The van der Waals surface area contributed by atoms with Gasteiger partial charge in [-0.25, -0.2) is 0 Å². The van der Waals surface area contributed by atoms with Gasteiger partial charge < -0.3 is 10.6 Å². The Hall–Kier alpha value is -0.0800. The fourth-order valence-corrected chi connectivity index (χ4v) is 1.79. The number of rotatable bonds is 8. The van der Waals surface area contributed by atoms with Gasteiger partial charge in [-0.05, 0) is 32.4 Å². The Morgan fingerprint density at radius 3 is 2.29 bits per heavy atom. The topological polar surface area (TPSA) is 29.3 Å². The van der Waals surface area contributed by atoms with Gasteiger partial charge in [-0.1, -0.05) is 33.6 Å². The van der Waals surface area contributed by atoms with Crippen LogP contribution in [0.5, 0.6) is 0 Å². The summed E-state index contributed by atoms with van der Waals surface area (Å²) in [5.41, 5.74) is 5.78. The van der Waals surface area contributed by atoms with E-state index in [1.54, 1.807) is 0 Å². The number of nitrogens with two attached hydrogens (primary N) is 1. The SMILES string of the molecule is CCCCCN(C)C(CN)CC(C)C. The molecule has 0 aromatic rings. The van der Waals surface area contributed by atoms with Crippen LogP contribution in [-0.2, 0) is 0 Å². The average Bonchev–Trinajstić information content (AvgIpc) is 2.14. The van der Waals surface area contributed by atoms with Gasteiger partial charge in [0.1, 0.15) is 0 Å². The fourth-order valence-electron chi connectivity index (χ4n) is 1.79. The largest absolute Gasteiger partial charge is 0.329 e.